The summed E-state index contributed by atoms with van der Waals surface area (Å²) < 4.78 is 24.8. The Kier molecular flexibility index (Phi) is 4.72. The molecule has 1 unspecified atom stereocenters. The minimum Gasteiger partial charge on any atom is -0.351 e. The van der Waals surface area contributed by atoms with Crippen LogP contribution in [0.15, 0.2) is 12.3 Å². The van der Waals surface area contributed by atoms with Crippen molar-refractivity contribution in [1.82, 2.24) is 20.0 Å². The number of nitrogens with zero attached hydrogens (tertiary/aromatic N) is 3. The molecule has 3 rings (SSSR count). The van der Waals surface area contributed by atoms with Crippen LogP contribution in [0.2, 0.25) is 0 Å². The Morgan fingerprint density at radius 3 is 2.65 bits per heavy atom. The summed E-state index contributed by atoms with van der Waals surface area (Å²) in [5, 5.41) is 7.07. The third-order valence-corrected chi connectivity index (χ3v) is 6.60. The van der Waals surface area contributed by atoms with Crippen LogP contribution in [0.25, 0.3) is 0 Å². The van der Waals surface area contributed by atoms with Gasteiger partial charge in [-0.15, -0.1) is 0 Å². The zero-order chi connectivity index (χ0) is 16.4. The molecule has 2 saturated heterocycles. The number of amides is 1. The third-order valence-electron chi connectivity index (χ3n) is 4.83. The summed E-state index contributed by atoms with van der Waals surface area (Å²) in [7, 11) is -0.984. The van der Waals surface area contributed by atoms with E-state index in [0.29, 0.717) is 18.9 Å². The van der Waals surface area contributed by atoms with Crippen molar-refractivity contribution in [2.24, 2.45) is 7.05 Å². The minimum atomic E-state index is -2.95. The maximum absolute atomic E-state index is 12.1. The summed E-state index contributed by atoms with van der Waals surface area (Å²) in [6.45, 7) is 2.12. The van der Waals surface area contributed by atoms with E-state index in [4.69, 9.17) is 0 Å². The van der Waals surface area contributed by atoms with Gasteiger partial charge in [0.25, 0.3) is 0 Å². The van der Waals surface area contributed by atoms with Gasteiger partial charge < -0.3 is 5.32 Å². The maximum atomic E-state index is 12.1. The largest absolute Gasteiger partial charge is 0.351 e. The van der Waals surface area contributed by atoms with Gasteiger partial charge in [-0.25, -0.2) is 8.42 Å². The Hall–Kier alpha value is -1.41. The van der Waals surface area contributed by atoms with E-state index in [0.717, 1.165) is 25.9 Å². The lowest BCUT2D eigenvalue weighted by Crippen LogP contribution is -2.44. The second-order valence-corrected chi connectivity index (χ2v) is 8.83. The molecule has 1 atom stereocenters. The molecule has 2 aliphatic heterocycles. The summed E-state index contributed by atoms with van der Waals surface area (Å²) in [5.74, 6) is 0.711. The molecule has 128 valence electrons. The fourth-order valence-corrected chi connectivity index (χ4v) is 5.23. The molecule has 7 nitrogen and oxygen atoms in total. The number of nitrogens with one attached hydrogen (secondary N) is 1. The molecule has 2 aliphatic rings. The van der Waals surface area contributed by atoms with E-state index in [1.165, 1.54) is 5.69 Å². The van der Waals surface area contributed by atoms with Crippen molar-refractivity contribution >= 4 is 15.7 Å². The van der Waals surface area contributed by atoms with Crippen LogP contribution in [0, 0.1) is 0 Å². The van der Waals surface area contributed by atoms with Crippen molar-refractivity contribution in [3.8, 4) is 0 Å². The topological polar surface area (TPSA) is 84.3 Å². The van der Waals surface area contributed by atoms with E-state index in [-0.39, 0.29) is 23.5 Å². The Labute approximate surface area is 137 Å². The highest BCUT2D eigenvalue weighted by Crippen LogP contribution is 2.27. The first-order valence-corrected chi connectivity index (χ1v) is 9.95. The van der Waals surface area contributed by atoms with Crippen LogP contribution in [-0.4, -0.2) is 66.2 Å². The number of carbonyl (C=O) groups excluding carboxylic acids is 1. The van der Waals surface area contributed by atoms with Gasteiger partial charge in [0, 0.05) is 30.9 Å². The highest BCUT2D eigenvalue weighted by molar-refractivity contribution is 7.91. The number of hydrogen-bond acceptors (Lipinski definition) is 5. The lowest BCUT2D eigenvalue weighted by atomic mass is 9.93. The maximum Gasteiger partial charge on any atom is 0.234 e. The molecule has 0 saturated carbocycles. The van der Waals surface area contributed by atoms with Gasteiger partial charge in [-0.1, -0.05) is 0 Å². The predicted octanol–water partition coefficient (Wildman–Crippen LogP) is -0.0972. The monoisotopic (exact) mass is 340 g/mol. The van der Waals surface area contributed by atoms with Gasteiger partial charge in [0.15, 0.2) is 9.84 Å². The molecule has 0 aliphatic carbocycles. The van der Waals surface area contributed by atoms with E-state index < -0.39 is 9.84 Å². The van der Waals surface area contributed by atoms with E-state index in [2.05, 4.69) is 21.4 Å². The third kappa shape index (κ3) is 4.11. The zero-order valence-corrected chi connectivity index (χ0v) is 14.3. The Bertz CT molecular complexity index is 662. The second kappa shape index (κ2) is 6.60. The van der Waals surface area contributed by atoms with Gasteiger partial charge in [0.2, 0.25) is 5.91 Å². The molecule has 23 heavy (non-hydrogen) atoms. The Morgan fingerprint density at radius 1 is 1.35 bits per heavy atom. The summed E-state index contributed by atoms with van der Waals surface area (Å²) in [4.78, 5) is 14.2. The van der Waals surface area contributed by atoms with Gasteiger partial charge in [-0.3, -0.25) is 14.4 Å². The molecule has 1 aromatic rings. The van der Waals surface area contributed by atoms with Crippen molar-refractivity contribution in [2.75, 3.05) is 31.1 Å². The number of likely N-dealkylation sites (tertiary alicyclic amines) is 1. The number of aromatic nitrogens is 2. The molecule has 1 amide bonds. The second-order valence-electron chi connectivity index (χ2n) is 6.60. The molecule has 3 heterocycles. The molecular weight excluding hydrogens is 316 g/mol. The molecular formula is C15H24N4O3S. The average molecular weight is 340 g/mol. The van der Waals surface area contributed by atoms with Gasteiger partial charge in [0.1, 0.15) is 0 Å². The lowest BCUT2D eigenvalue weighted by Gasteiger charge is -2.31. The lowest BCUT2D eigenvalue weighted by molar-refractivity contribution is -0.123. The highest BCUT2D eigenvalue weighted by Gasteiger charge is 2.30. The number of rotatable bonds is 4. The number of aryl methyl sites for hydroxylation is 1. The van der Waals surface area contributed by atoms with Crippen LogP contribution in [-0.2, 0) is 21.7 Å². The smallest absolute Gasteiger partial charge is 0.234 e. The first kappa shape index (κ1) is 16.4. The van der Waals surface area contributed by atoms with E-state index >= 15 is 0 Å². The van der Waals surface area contributed by atoms with Gasteiger partial charge in [0.05, 0.1) is 18.1 Å². The molecule has 2 fully saturated rings. The Balaban J connectivity index is 1.44. The van der Waals surface area contributed by atoms with Crippen molar-refractivity contribution in [1.29, 1.82) is 0 Å². The average Bonchev–Trinajstić information content (AvgIpc) is 3.05. The minimum absolute atomic E-state index is 0.0638. The summed E-state index contributed by atoms with van der Waals surface area (Å²) in [6, 6.07) is 1.85. The van der Waals surface area contributed by atoms with Crippen LogP contribution in [0.3, 0.4) is 0 Å². The normalized spacial score (nSPS) is 25.5. The van der Waals surface area contributed by atoms with Gasteiger partial charge in [-0.05, 0) is 38.4 Å². The summed E-state index contributed by atoms with van der Waals surface area (Å²) in [5.41, 5.74) is 1.25. The SMILES string of the molecule is Cn1nccc1C1CCN(CC(=O)NC2CCS(=O)(=O)C2)CC1. The van der Waals surface area contributed by atoms with Crippen molar-refractivity contribution < 1.29 is 13.2 Å². The molecule has 0 spiro atoms. The number of carbonyl (C=O) groups is 1. The summed E-state index contributed by atoms with van der Waals surface area (Å²) >= 11 is 0. The van der Waals surface area contributed by atoms with Gasteiger partial charge >= 0.3 is 0 Å². The molecule has 0 aromatic carbocycles. The standard InChI is InChI=1S/C15H24N4O3S/c1-18-14(2-6-16-18)12-3-7-19(8-4-12)10-15(20)17-13-5-9-23(21,22)11-13/h2,6,12-13H,3-5,7-11H2,1H3,(H,17,20). The fraction of sp³-hybridized carbons (Fsp3) is 0.733. The Morgan fingerprint density at radius 2 is 2.09 bits per heavy atom. The van der Waals surface area contributed by atoms with Gasteiger partial charge in [-0.2, -0.15) is 5.10 Å². The number of hydrogen-bond donors (Lipinski definition) is 1. The van der Waals surface area contributed by atoms with E-state index in [1.807, 2.05) is 17.9 Å². The van der Waals surface area contributed by atoms with Crippen LogP contribution in [0.4, 0.5) is 0 Å². The molecule has 1 aromatic heterocycles. The quantitative estimate of drug-likeness (QED) is 0.828. The van der Waals surface area contributed by atoms with Crippen LogP contribution < -0.4 is 5.32 Å². The zero-order valence-electron chi connectivity index (χ0n) is 13.4. The van der Waals surface area contributed by atoms with E-state index in [9.17, 15) is 13.2 Å². The molecule has 0 bridgehead atoms. The summed E-state index contributed by atoms with van der Waals surface area (Å²) in [6.07, 6.45) is 4.40. The molecule has 8 heteroatoms. The predicted molar refractivity (Wildman–Crippen MR) is 86.8 cm³/mol. The van der Waals surface area contributed by atoms with Crippen LogP contribution >= 0.6 is 0 Å². The molecule has 1 N–H and O–H groups in total. The highest BCUT2D eigenvalue weighted by atomic mass is 32.2. The van der Waals surface area contributed by atoms with E-state index in [1.54, 1.807) is 0 Å². The first-order chi connectivity index (χ1) is 10.9. The van der Waals surface area contributed by atoms with Crippen LogP contribution in [0.5, 0.6) is 0 Å². The van der Waals surface area contributed by atoms with Crippen molar-refractivity contribution in [3.63, 3.8) is 0 Å². The fourth-order valence-electron chi connectivity index (χ4n) is 3.56. The number of piperidine rings is 1. The van der Waals surface area contributed by atoms with Crippen LogP contribution in [0.1, 0.15) is 30.9 Å². The van der Waals surface area contributed by atoms with Crippen molar-refractivity contribution in [3.05, 3.63) is 18.0 Å². The first-order valence-electron chi connectivity index (χ1n) is 8.13. The van der Waals surface area contributed by atoms with Crippen molar-refractivity contribution in [2.45, 2.75) is 31.2 Å². The number of sulfone groups is 1. The molecule has 0 radical (unpaired) electrons.